The first-order valence-electron chi connectivity index (χ1n) is 14.2. The molecule has 0 aliphatic rings. The van der Waals surface area contributed by atoms with Crippen molar-refractivity contribution in [1.29, 1.82) is 0 Å². The molecule has 0 fully saturated rings. The van der Waals surface area contributed by atoms with Crippen LogP contribution >= 0.6 is 31.9 Å². The van der Waals surface area contributed by atoms with E-state index in [0.717, 1.165) is 32.5 Å². The Labute approximate surface area is 275 Å². The van der Waals surface area contributed by atoms with Gasteiger partial charge in [-0.3, -0.25) is 19.2 Å². The summed E-state index contributed by atoms with van der Waals surface area (Å²) in [5.74, 6) is -0.865. The van der Waals surface area contributed by atoms with E-state index in [2.05, 4.69) is 63.6 Å². The maximum atomic E-state index is 11.9. The third-order valence-electron chi connectivity index (χ3n) is 5.34. The van der Waals surface area contributed by atoms with Crippen molar-refractivity contribution in [3.8, 4) is 0 Å². The quantitative estimate of drug-likeness (QED) is 0.0668. The lowest BCUT2D eigenvalue weighted by molar-refractivity contribution is -0.155. The summed E-state index contributed by atoms with van der Waals surface area (Å²) in [6.07, 6.45) is 4.23. The monoisotopic (exact) mass is 746 g/mol. The fraction of sp³-hybridized carbons (Fsp3) is 0.793. The van der Waals surface area contributed by atoms with Crippen LogP contribution in [0.5, 0.6) is 0 Å². The van der Waals surface area contributed by atoms with Gasteiger partial charge in [-0.1, -0.05) is 38.4 Å². The van der Waals surface area contributed by atoms with Crippen LogP contribution in [0.2, 0.25) is 0 Å². The number of hydrogen-bond donors (Lipinski definition) is 4. The maximum absolute atomic E-state index is 11.9. The van der Waals surface area contributed by atoms with Crippen LogP contribution in [0.15, 0.2) is 12.7 Å². The Bertz CT molecular complexity index is 791. The first-order valence-corrected chi connectivity index (χ1v) is 15.9. The van der Waals surface area contributed by atoms with E-state index in [1.54, 1.807) is 27.7 Å². The van der Waals surface area contributed by atoms with Gasteiger partial charge in [0.1, 0.15) is 17.5 Å². The molecule has 0 spiro atoms. The van der Waals surface area contributed by atoms with Crippen LogP contribution in [0.25, 0.3) is 0 Å². The van der Waals surface area contributed by atoms with Crippen LogP contribution in [-0.4, -0.2) is 134 Å². The molecule has 0 aromatic heterocycles. The molecule has 254 valence electrons. The van der Waals surface area contributed by atoms with Crippen molar-refractivity contribution in [2.75, 3.05) is 80.8 Å². The van der Waals surface area contributed by atoms with Gasteiger partial charge in [-0.2, -0.15) is 0 Å². The summed E-state index contributed by atoms with van der Waals surface area (Å²) in [4.78, 5) is 49.0. The third kappa shape index (κ3) is 30.2. The van der Waals surface area contributed by atoms with E-state index in [-0.39, 0.29) is 55.0 Å². The van der Waals surface area contributed by atoms with Gasteiger partial charge in [0.2, 0.25) is 11.8 Å². The van der Waals surface area contributed by atoms with Crippen LogP contribution in [0.4, 0.5) is 0 Å². The number of aliphatic hydroxyl groups is 2. The van der Waals surface area contributed by atoms with E-state index in [4.69, 9.17) is 14.9 Å². The molecule has 0 radical (unpaired) electrons. The number of hydrogen-bond acceptors (Lipinski definition) is 10. The standard InChI is InChI=1S/C15H29BrN2O4.C8H16N2O.C6H11BrO3/c1-15(2,14(21)22-11-10-19)7-6-12(16)13(20)17-8-5-9-18(3)4;1-4-8(11)9-6-5-7-10(2)3;1-6(2,7)5(9)10-4-3-8/h12,19H,5-11H2,1-4H3,(H,17,20);4H,1,5-7H2,2-3H3,(H,9,11);8H,3-4H2,1-2H3. The van der Waals surface area contributed by atoms with Crippen molar-refractivity contribution < 1.29 is 38.9 Å². The van der Waals surface area contributed by atoms with Gasteiger partial charge in [0, 0.05) is 13.1 Å². The number of esters is 2. The summed E-state index contributed by atoms with van der Waals surface area (Å²) in [7, 11) is 8.00. The van der Waals surface area contributed by atoms with Gasteiger partial charge >= 0.3 is 11.9 Å². The molecule has 43 heavy (non-hydrogen) atoms. The smallest absolute Gasteiger partial charge is 0.322 e. The molecule has 0 aliphatic carbocycles. The number of carbonyl (C=O) groups excluding carboxylic acids is 4. The lowest BCUT2D eigenvalue weighted by atomic mass is 9.87. The molecule has 0 aliphatic heterocycles. The Morgan fingerprint density at radius 1 is 0.860 bits per heavy atom. The molecule has 0 heterocycles. The molecular weight excluding hydrogens is 692 g/mol. The second-order valence-corrected chi connectivity index (χ2v) is 14.3. The molecule has 12 nitrogen and oxygen atoms in total. The molecule has 0 aromatic rings. The van der Waals surface area contributed by atoms with Crippen LogP contribution in [0, 0.1) is 5.41 Å². The fourth-order valence-corrected chi connectivity index (χ4v) is 3.27. The molecule has 0 saturated heterocycles. The second-order valence-electron chi connectivity index (χ2n) is 11.2. The summed E-state index contributed by atoms with van der Waals surface area (Å²) in [6, 6.07) is 0. The highest BCUT2D eigenvalue weighted by molar-refractivity contribution is 9.10. The van der Waals surface area contributed by atoms with E-state index in [1.807, 2.05) is 28.2 Å². The molecule has 1 unspecified atom stereocenters. The minimum absolute atomic E-state index is 0.00631. The average Bonchev–Trinajstić information content (AvgIpc) is 2.93. The summed E-state index contributed by atoms with van der Waals surface area (Å²) in [5.41, 5.74) is -0.674. The number of amides is 2. The van der Waals surface area contributed by atoms with E-state index >= 15 is 0 Å². The predicted molar refractivity (Wildman–Crippen MR) is 177 cm³/mol. The third-order valence-corrected chi connectivity index (χ3v) is 6.54. The number of nitrogens with zero attached hydrogens (tertiary/aromatic N) is 2. The van der Waals surface area contributed by atoms with Crippen molar-refractivity contribution in [2.24, 2.45) is 5.41 Å². The highest BCUT2D eigenvalue weighted by Gasteiger charge is 2.31. The van der Waals surface area contributed by atoms with Gasteiger partial charge in [-0.25, -0.2) is 0 Å². The molecular formula is C29H56Br2N4O8. The number of rotatable bonds is 19. The van der Waals surface area contributed by atoms with E-state index < -0.39 is 9.74 Å². The number of halogens is 2. The molecule has 14 heteroatoms. The van der Waals surface area contributed by atoms with Gasteiger partial charge in [-0.15, -0.1) is 0 Å². The number of aliphatic hydroxyl groups excluding tert-OH is 2. The Morgan fingerprint density at radius 2 is 1.30 bits per heavy atom. The molecule has 0 bridgehead atoms. The lowest BCUT2D eigenvalue weighted by Gasteiger charge is -2.23. The van der Waals surface area contributed by atoms with E-state index in [1.165, 1.54) is 6.08 Å². The van der Waals surface area contributed by atoms with Crippen molar-refractivity contribution >= 4 is 55.6 Å². The van der Waals surface area contributed by atoms with Crippen LogP contribution in [0.1, 0.15) is 53.4 Å². The zero-order valence-corrected chi connectivity index (χ0v) is 30.5. The first-order chi connectivity index (χ1) is 19.8. The van der Waals surface area contributed by atoms with Crippen molar-refractivity contribution in [1.82, 2.24) is 20.4 Å². The Kier molecular flexibility index (Phi) is 28.6. The zero-order chi connectivity index (χ0) is 34.1. The number of carbonyl (C=O) groups is 4. The first kappa shape index (κ1) is 45.8. The van der Waals surface area contributed by atoms with Crippen LogP contribution < -0.4 is 10.6 Å². The second kappa shape index (κ2) is 26.8. The Balaban J connectivity index is -0.000000634. The van der Waals surface area contributed by atoms with Crippen molar-refractivity contribution in [3.05, 3.63) is 12.7 Å². The summed E-state index contributed by atoms with van der Waals surface area (Å²) in [6.45, 7) is 13.3. The molecule has 1 atom stereocenters. The number of nitrogens with one attached hydrogen (secondary N) is 2. The molecule has 0 rings (SSSR count). The minimum atomic E-state index is -0.674. The normalized spacial score (nSPS) is 11.8. The Hall–Kier alpha value is -1.58. The zero-order valence-electron chi connectivity index (χ0n) is 27.3. The van der Waals surface area contributed by atoms with Crippen molar-refractivity contribution in [2.45, 2.75) is 62.5 Å². The van der Waals surface area contributed by atoms with E-state index in [9.17, 15) is 19.2 Å². The van der Waals surface area contributed by atoms with Crippen LogP contribution in [0.3, 0.4) is 0 Å². The summed E-state index contributed by atoms with van der Waals surface area (Å²) >= 11 is 6.48. The largest absolute Gasteiger partial charge is 0.463 e. The summed E-state index contributed by atoms with van der Waals surface area (Å²) in [5, 5.41) is 22.5. The maximum Gasteiger partial charge on any atom is 0.322 e. The molecule has 0 saturated carbocycles. The number of alkyl halides is 2. The van der Waals surface area contributed by atoms with Gasteiger partial charge in [0.05, 0.1) is 23.5 Å². The van der Waals surface area contributed by atoms with Gasteiger partial charge in [0.25, 0.3) is 0 Å². The van der Waals surface area contributed by atoms with Crippen molar-refractivity contribution in [3.63, 3.8) is 0 Å². The van der Waals surface area contributed by atoms with Gasteiger partial charge in [-0.05, 0) is 101 Å². The van der Waals surface area contributed by atoms with Gasteiger partial charge < -0.3 is 40.1 Å². The Morgan fingerprint density at radius 3 is 1.70 bits per heavy atom. The SMILES string of the molecule is C=CC(=O)NCCCN(C)C.CC(C)(Br)C(=O)OCCO.CN(C)CCCNC(=O)C(Br)CCC(C)(C)C(=O)OCCO. The number of ether oxygens (including phenoxy) is 2. The summed E-state index contributed by atoms with van der Waals surface area (Å²) < 4.78 is 8.91. The fourth-order valence-electron chi connectivity index (χ4n) is 2.76. The highest BCUT2D eigenvalue weighted by atomic mass is 79.9. The lowest BCUT2D eigenvalue weighted by Crippen LogP contribution is -2.35. The molecule has 4 N–H and O–H groups in total. The topological polar surface area (TPSA) is 158 Å². The van der Waals surface area contributed by atoms with E-state index in [0.29, 0.717) is 19.4 Å². The van der Waals surface area contributed by atoms with Crippen LogP contribution in [-0.2, 0) is 28.7 Å². The highest BCUT2D eigenvalue weighted by Crippen LogP contribution is 2.26. The van der Waals surface area contributed by atoms with Gasteiger partial charge in [0.15, 0.2) is 0 Å². The molecule has 0 aromatic carbocycles. The predicted octanol–water partition coefficient (Wildman–Crippen LogP) is 2.10. The average molecular weight is 749 g/mol. The molecule has 2 amide bonds. The minimum Gasteiger partial charge on any atom is -0.463 e.